The summed E-state index contributed by atoms with van der Waals surface area (Å²) in [5, 5.41) is 9.98. The third kappa shape index (κ3) is 11.7. The fraction of sp³-hybridized carbons (Fsp3) is 0.560. The number of allylic oxidation sites excluding steroid dienone is 6. The Balaban J connectivity index is 2.31. The van der Waals surface area contributed by atoms with E-state index in [1.54, 1.807) is 6.08 Å². The molecule has 0 radical (unpaired) electrons. The van der Waals surface area contributed by atoms with Gasteiger partial charge in [-0.05, 0) is 38.2 Å². The summed E-state index contributed by atoms with van der Waals surface area (Å²) in [5.41, 5.74) is 0. The first-order chi connectivity index (χ1) is 14.4. The van der Waals surface area contributed by atoms with Crippen LogP contribution in [0.2, 0.25) is 0 Å². The minimum absolute atomic E-state index is 0.0590. The van der Waals surface area contributed by atoms with Gasteiger partial charge in [-0.1, -0.05) is 62.3 Å². The monoisotopic (exact) mass is 416 g/mol. The van der Waals surface area contributed by atoms with E-state index in [9.17, 15) is 19.5 Å². The first-order valence-electron chi connectivity index (χ1n) is 11.0. The molecule has 5 heteroatoms. The lowest BCUT2D eigenvalue weighted by atomic mass is 9.90. The third-order valence-electron chi connectivity index (χ3n) is 4.95. The lowest BCUT2D eigenvalue weighted by Crippen LogP contribution is -2.13. The Labute approximate surface area is 180 Å². The molecule has 3 atom stereocenters. The number of carbonyl (C=O) groups excluding carboxylic acids is 3. The second-order valence-electron chi connectivity index (χ2n) is 7.67. The van der Waals surface area contributed by atoms with Crippen LogP contribution >= 0.6 is 0 Å². The second-order valence-corrected chi connectivity index (χ2v) is 7.67. The molecule has 5 nitrogen and oxygen atoms in total. The van der Waals surface area contributed by atoms with Crippen molar-refractivity contribution in [3.8, 4) is 0 Å². The van der Waals surface area contributed by atoms with E-state index in [0.717, 1.165) is 25.7 Å². The lowest BCUT2D eigenvalue weighted by molar-refractivity contribution is -0.145. The molecule has 0 aromatic heterocycles. The zero-order valence-electron chi connectivity index (χ0n) is 18.3. The maximum absolute atomic E-state index is 12.1. The molecule has 1 rings (SSSR count). The van der Waals surface area contributed by atoms with Gasteiger partial charge in [-0.15, -0.1) is 0 Å². The molecule has 0 aliphatic heterocycles. The highest BCUT2D eigenvalue weighted by atomic mass is 16.5. The van der Waals surface area contributed by atoms with Gasteiger partial charge in [0.1, 0.15) is 6.61 Å². The zero-order valence-corrected chi connectivity index (χ0v) is 18.3. The van der Waals surface area contributed by atoms with E-state index in [1.165, 1.54) is 6.92 Å². The maximum Gasteiger partial charge on any atom is 0.303 e. The number of rotatable bonds is 15. The van der Waals surface area contributed by atoms with Crippen LogP contribution in [-0.4, -0.2) is 35.4 Å². The molecule has 0 spiro atoms. The Morgan fingerprint density at radius 2 is 1.93 bits per heavy atom. The Kier molecular flexibility index (Phi) is 13.4. The average Bonchev–Trinajstić information content (AvgIpc) is 3.06. The van der Waals surface area contributed by atoms with Gasteiger partial charge in [-0.3, -0.25) is 14.4 Å². The van der Waals surface area contributed by atoms with Crippen LogP contribution in [0, 0.1) is 11.8 Å². The number of hydrogen-bond donors (Lipinski definition) is 1. The number of ether oxygens (including phenoxy) is 1. The summed E-state index contributed by atoms with van der Waals surface area (Å²) in [6.07, 6.45) is 21.2. The molecule has 1 aliphatic rings. The molecule has 1 aliphatic carbocycles. The highest BCUT2D eigenvalue weighted by Gasteiger charge is 2.26. The standard InChI is InChI=1S/C25H36O5/c1-3-4-5-8-13-22(27)15-11-12-21-17-18-25(29)24(21)16-10-7-6-9-14-23(28)19-30-20(2)26/h7-8,10-13,17-18,21-22,24,27H,3-6,9,14-16,19H2,1-2H3/t21-,22?,24+/m0/s1. The van der Waals surface area contributed by atoms with Gasteiger partial charge < -0.3 is 9.84 Å². The van der Waals surface area contributed by atoms with Gasteiger partial charge in [0.05, 0.1) is 6.10 Å². The van der Waals surface area contributed by atoms with Gasteiger partial charge in [0, 0.05) is 25.2 Å². The number of ketones is 2. The second kappa shape index (κ2) is 15.6. The van der Waals surface area contributed by atoms with Crippen LogP contribution in [0.3, 0.4) is 0 Å². The number of aliphatic hydroxyl groups is 1. The van der Waals surface area contributed by atoms with E-state index in [4.69, 9.17) is 0 Å². The van der Waals surface area contributed by atoms with E-state index in [-0.39, 0.29) is 30.0 Å². The van der Waals surface area contributed by atoms with Crippen molar-refractivity contribution in [1.82, 2.24) is 0 Å². The predicted molar refractivity (Wildman–Crippen MR) is 119 cm³/mol. The van der Waals surface area contributed by atoms with E-state index in [2.05, 4.69) is 11.7 Å². The molecular formula is C25H36O5. The van der Waals surface area contributed by atoms with Gasteiger partial charge in [-0.2, -0.15) is 0 Å². The van der Waals surface area contributed by atoms with Gasteiger partial charge >= 0.3 is 5.97 Å². The quantitative estimate of drug-likeness (QED) is 0.239. The maximum atomic E-state index is 12.1. The van der Waals surface area contributed by atoms with Crippen molar-refractivity contribution in [2.45, 2.75) is 71.3 Å². The van der Waals surface area contributed by atoms with Crippen LogP contribution in [0.15, 0.2) is 48.6 Å². The highest BCUT2D eigenvalue weighted by Crippen LogP contribution is 2.27. The Hall–Kier alpha value is -2.27. The summed E-state index contributed by atoms with van der Waals surface area (Å²) in [7, 11) is 0. The van der Waals surface area contributed by atoms with Gasteiger partial charge in [0.25, 0.3) is 0 Å². The predicted octanol–water partition coefficient (Wildman–Crippen LogP) is 4.66. The third-order valence-corrected chi connectivity index (χ3v) is 4.95. The fourth-order valence-corrected chi connectivity index (χ4v) is 3.19. The first kappa shape index (κ1) is 25.8. The largest absolute Gasteiger partial charge is 0.458 e. The molecule has 0 fully saturated rings. The van der Waals surface area contributed by atoms with E-state index < -0.39 is 12.1 Å². The first-order valence-corrected chi connectivity index (χ1v) is 11.0. The smallest absolute Gasteiger partial charge is 0.303 e. The number of hydrogen-bond acceptors (Lipinski definition) is 5. The molecule has 166 valence electrons. The summed E-state index contributed by atoms with van der Waals surface area (Å²) < 4.78 is 4.67. The molecule has 1 N–H and O–H groups in total. The number of unbranched alkanes of at least 4 members (excludes halogenated alkanes) is 3. The Bertz CT molecular complexity index is 656. The van der Waals surface area contributed by atoms with E-state index in [0.29, 0.717) is 25.7 Å². The van der Waals surface area contributed by atoms with Crippen molar-refractivity contribution >= 4 is 17.5 Å². The normalized spacial score (nSPS) is 20.0. The van der Waals surface area contributed by atoms with Crippen molar-refractivity contribution in [2.75, 3.05) is 6.61 Å². The van der Waals surface area contributed by atoms with Gasteiger partial charge in [0.2, 0.25) is 0 Å². The summed E-state index contributed by atoms with van der Waals surface area (Å²) in [6, 6.07) is 0. The van der Waals surface area contributed by atoms with Crippen molar-refractivity contribution in [2.24, 2.45) is 11.8 Å². The SMILES string of the molecule is CCCCC=CC(O)CC=C[C@H]1C=CC(=O)[C@@H]1CC=CCCCC(=O)COC(C)=O. The van der Waals surface area contributed by atoms with Crippen LogP contribution in [0.1, 0.15) is 65.2 Å². The molecule has 0 aromatic rings. The molecular weight excluding hydrogens is 380 g/mol. The van der Waals surface area contributed by atoms with Crippen LogP contribution in [0.25, 0.3) is 0 Å². The molecule has 0 bridgehead atoms. The average molecular weight is 417 g/mol. The van der Waals surface area contributed by atoms with Crippen molar-refractivity contribution in [1.29, 1.82) is 0 Å². The number of esters is 1. The molecule has 0 heterocycles. The molecule has 0 amide bonds. The van der Waals surface area contributed by atoms with Crippen molar-refractivity contribution < 1.29 is 24.2 Å². The van der Waals surface area contributed by atoms with Crippen molar-refractivity contribution in [3.63, 3.8) is 0 Å². The zero-order chi connectivity index (χ0) is 22.2. The number of Topliss-reactive ketones (excluding diaryl/α,β-unsaturated/α-hetero) is 1. The topological polar surface area (TPSA) is 80.7 Å². The highest BCUT2D eigenvalue weighted by molar-refractivity contribution is 5.95. The molecule has 30 heavy (non-hydrogen) atoms. The minimum Gasteiger partial charge on any atom is -0.458 e. The summed E-state index contributed by atoms with van der Waals surface area (Å²) >= 11 is 0. The van der Waals surface area contributed by atoms with Crippen LogP contribution in [0.5, 0.6) is 0 Å². The minimum atomic E-state index is -0.485. The summed E-state index contributed by atoms with van der Waals surface area (Å²) in [4.78, 5) is 34.3. The van der Waals surface area contributed by atoms with Crippen LogP contribution in [0.4, 0.5) is 0 Å². The fourth-order valence-electron chi connectivity index (χ4n) is 3.19. The number of aliphatic hydroxyl groups excluding tert-OH is 1. The molecule has 1 unspecified atom stereocenters. The molecule has 0 saturated heterocycles. The number of carbonyl (C=O) groups is 3. The molecule has 0 aromatic carbocycles. The van der Waals surface area contributed by atoms with Crippen molar-refractivity contribution in [3.05, 3.63) is 48.6 Å². The van der Waals surface area contributed by atoms with E-state index in [1.807, 2.05) is 42.5 Å². The van der Waals surface area contributed by atoms with Gasteiger partial charge in [-0.25, -0.2) is 0 Å². The van der Waals surface area contributed by atoms with E-state index >= 15 is 0 Å². The van der Waals surface area contributed by atoms with Crippen LogP contribution in [-0.2, 0) is 19.1 Å². The lowest BCUT2D eigenvalue weighted by Gasteiger charge is -2.12. The summed E-state index contributed by atoms with van der Waals surface area (Å²) in [6.45, 7) is 3.27. The Morgan fingerprint density at radius 3 is 2.67 bits per heavy atom. The Morgan fingerprint density at radius 1 is 1.17 bits per heavy atom. The van der Waals surface area contributed by atoms with Crippen LogP contribution < -0.4 is 0 Å². The molecule has 0 saturated carbocycles. The summed E-state index contributed by atoms with van der Waals surface area (Å²) in [5.74, 6) is -0.434. The van der Waals surface area contributed by atoms with Gasteiger partial charge in [0.15, 0.2) is 11.6 Å².